The minimum absolute atomic E-state index is 0.0666. The summed E-state index contributed by atoms with van der Waals surface area (Å²) in [5.74, 6) is -0.563. The van der Waals surface area contributed by atoms with E-state index < -0.39 is 17.7 Å². The van der Waals surface area contributed by atoms with E-state index in [4.69, 9.17) is 9.47 Å². The molecule has 1 amide bonds. The first-order valence-electron chi connectivity index (χ1n) is 10.6. The summed E-state index contributed by atoms with van der Waals surface area (Å²) >= 11 is 0. The lowest BCUT2D eigenvalue weighted by Gasteiger charge is -2.27. The fourth-order valence-corrected chi connectivity index (χ4v) is 3.94. The molecule has 2 aromatic carbocycles. The van der Waals surface area contributed by atoms with Gasteiger partial charge in [-0.3, -0.25) is 9.59 Å². The number of carbonyl (C=O) groups is 2. The number of methoxy groups -OCH3 is 2. The molecule has 1 atom stereocenters. The minimum Gasteiger partial charge on any atom is -0.507 e. The van der Waals surface area contributed by atoms with E-state index in [0.29, 0.717) is 29.2 Å². The number of aliphatic hydroxyl groups excluding tert-OH is 1. The number of benzene rings is 2. The molecule has 2 aromatic rings. The molecule has 1 N–H and O–H groups in total. The molecular weight excluding hydrogens is 394 g/mol. The highest BCUT2D eigenvalue weighted by molar-refractivity contribution is 6.46. The Hall–Kier alpha value is -3.28. The lowest BCUT2D eigenvalue weighted by Crippen LogP contribution is -2.30. The smallest absolute Gasteiger partial charge is 0.295 e. The molecule has 6 heteroatoms. The van der Waals surface area contributed by atoms with Gasteiger partial charge in [0.05, 0.1) is 25.8 Å². The SMILES string of the molecule is CCCCN1C(=O)C(=O)/C(=C(/O)c2ccc(CC)cc2)C1c1cccc(OC)c1OC. The van der Waals surface area contributed by atoms with Gasteiger partial charge in [0.25, 0.3) is 11.7 Å². The molecule has 1 fully saturated rings. The number of nitrogens with zero attached hydrogens (tertiary/aromatic N) is 1. The van der Waals surface area contributed by atoms with Crippen LogP contribution in [0.3, 0.4) is 0 Å². The van der Waals surface area contributed by atoms with Gasteiger partial charge in [0, 0.05) is 17.7 Å². The van der Waals surface area contributed by atoms with Crippen LogP contribution in [0.15, 0.2) is 48.0 Å². The van der Waals surface area contributed by atoms with Crippen LogP contribution in [0.5, 0.6) is 11.5 Å². The number of aryl methyl sites for hydroxylation is 1. The Kier molecular flexibility index (Phi) is 7.00. The monoisotopic (exact) mass is 423 g/mol. The quantitative estimate of drug-likeness (QED) is 0.385. The first kappa shape index (κ1) is 22.4. The normalized spacial score (nSPS) is 17.8. The second kappa shape index (κ2) is 9.69. The van der Waals surface area contributed by atoms with Gasteiger partial charge in [0.1, 0.15) is 5.76 Å². The van der Waals surface area contributed by atoms with Crippen molar-refractivity contribution in [2.24, 2.45) is 0 Å². The first-order valence-corrected chi connectivity index (χ1v) is 10.6. The molecular formula is C25H29NO5. The van der Waals surface area contributed by atoms with Crippen LogP contribution in [0, 0.1) is 0 Å². The van der Waals surface area contributed by atoms with Crippen LogP contribution in [-0.4, -0.2) is 42.5 Å². The van der Waals surface area contributed by atoms with Crippen molar-refractivity contribution >= 4 is 17.4 Å². The summed E-state index contributed by atoms with van der Waals surface area (Å²) in [6.45, 7) is 4.47. The standard InChI is InChI=1S/C25H29NO5/c1-5-7-15-26-21(18-9-8-10-19(30-3)24(18)31-4)20(23(28)25(26)29)22(27)17-13-11-16(6-2)12-14-17/h8-14,21,27H,5-7,15H2,1-4H3/b22-20+. The van der Waals surface area contributed by atoms with E-state index in [9.17, 15) is 14.7 Å². The first-order chi connectivity index (χ1) is 15.0. The van der Waals surface area contributed by atoms with E-state index in [1.165, 1.54) is 19.1 Å². The third-order valence-electron chi connectivity index (χ3n) is 5.66. The zero-order valence-corrected chi connectivity index (χ0v) is 18.5. The molecule has 0 bridgehead atoms. The molecule has 1 aliphatic heterocycles. The second-order valence-corrected chi connectivity index (χ2v) is 7.48. The lowest BCUT2D eigenvalue weighted by atomic mass is 9.94. The summed E-state index contributed by atoms with van der Waals surface area (Å²) in [5, 5.41) is 11.1. The summed E-state index contributed by atoms with van der Waals surface area (Å²) in [6, 6.07) is 11.9. The average Bonchev–Trinajstić information content (AvgIpc) is 3.06. The van der Waals surface area contributed by atoms with Crippen molar-refractivity contribution < 1.29 is 24.2 Å². The van der Waals surface area contributed by atoms with Crippen molar-refractivity contribution in [2.45, 2.75) is 39.2 Å². The van der Waals surface area contributed by atoms with Crippen LogP contribution >= 0.6 is 0 Å². The van der Waals surface area contributed by atoms with Gasteiger partial charge in [0.15, 0.2) is 11.5 Å². The Morgan fingerprint density at radius 1 is 1.03 bits per heavy atom. The van der Waals surface area contributed by atoms with E-state index in [-0.39, 0.29) is 11.3 Å². The van der Waals surface area contributed by atoms with E-state index in [1.54, 1.807) is 30.3 Å². The summed E-state index contributed by atoms with van der Waals surface area (Å²) < 4.78 is 11.0. The molecule has 1 unspecified atom stereocenters. The van der Waals surface area contributed by atoms with Gasteiger partial charge >= 0.3 is 0 Å². The van der Waals surface area contributed by atoms with E-state index >= 15 is 0 Å². The van der Waals surface area contributed by atoms with Crippen LogP contribution in [0.2, 0.25) is 0 Å². The zero-order valence-electron chi connectivity index (χ0n) is 18.5. The lowest BCUT2D eigenvalue weighted by molar-refractivity contribution is -0.139. The minimum atomic E-state index is -0.762. The molecule has 3 rings (SSSR count). The number of ether oxygens (including phenoxy) is 2. The molecule has 164 valence electrons. The number of hydrogen-bond acceptors (Lipinski definition) is 5. The number of hydrogen-bond donors (Lipinski definition) is 1. The molecule has 0 radical (unpaired) electrons. The van der Waals surface area contributed by atoms with Crippen molar-refractivity contribution in [2.75, 3.05) is 20.8 Å². The highest BCUT2D eigenvalue weighted by Gasteiger charge is 2.47. The molecule has 0 aromatic heterocycles. The Bertz CT molecular complexity index is 993. The summed E-state index contributed by atoms with van der Waals surface area (Å²) in [6.07, 6.45) is 2.47. The van der Waals surface area contributed by atoms with Gasteiger partial charge in [-0.2, -0.15) is 0 Å². The number of amides is 1. The van der Waals surface area contributed by atoms with Crippen molar-refractivity contribution in [3.05, 3.63) is 64.7 Å². The number of ketones is 1. The average molecular weight is 424 g/mol. The van der Waals surface area contributed by atoms with Gasteiger partial charge < -0.3 is 19.5 Å². The number of carbonyl (C=O) groups excluding carboxylic acids is 2. The fraction of sp³-hybridized carbons (Fsp3) is 0.360. The fourth-order valence-electron chi connectivity index (χ4n) is 3.94. The maximum atomic E-state index is 13.1. The van der Waals surface area contributed by atoms with Crippen molar-refractivity contribution in [3.8, 4) is 11.5 Å². The molecule has 6 nitrogen and oxygen atoms in total. The number of para-hydroxylation sites is 1. The third kappa shape index (κ3) is 4.15. The van der Waals surface area contributed by atoms with Crippen molar-refractivity contribution in [1.82, 2.24) is 4.90 Å². The van der Waals surface area contributed by atoms with Gasteiger partial charge in [0.2, 0.25) is 0 Å². The molecule has 0 spiro atoms. The highest BCUT2D eigenvalue weighted by atomic mass is 16.5. The number of rotatable bonds is 8. The van der Waals surface area contributed by atoms with Crippen LogP contribution in [0.4, 0.5) is 0 Å². The van der Waals surface area contributed by atoms with Crippen LogP contribution in [-0.2, 0) is 16.0 Å². The van der Waals surface area contributed by atoms with Gasteiger partial charge in [-0.1, -0.05) is 56.7 Å². The van der Waals surface area contributed by atoms with Gasteiger partial charge in [-0.05, 0) is 24.5 Å². The molecule has 0 saturated carbocycles. The van der Waals surface area contributed by atoms with Crippen molar-refractivity contribution in [3.63, 3.8) is 0 Å². The number of Topliss-reactive ketones (excluding diaryl/α,β-unsaturated/α-hetero) is 1. The van der Waals surface area contributed by atoms with E-state index in [0.717, 1.165) is 24.8 Å². The Morgan fingerprint density at radius 3 is 2.32 bits per heavy atom. The highest BCUT2D eigenvalue weighted by Crippen LogP contribution is 2.45. The van der Waals surface area contributed by atoms with Crippen LogP contribution < -0.4 is 9.47 Å². The zero-order chi connectivity index (χ0) is 22.5. The van der Waals surface area contributed by atoms with Crippen LogP contribution in [0.25, 0.3) is 5.76 Å². The van der Waals surface area contributed by atoms with Crippen molar-refractivity contribution in [1.29, 1.82) is 0 Å². The maximum absolute atomic E-state index is 13.1. The number of aliphatic hydroxyl groups is 1. The summed E-state index contributed by atoms with van der Waals surface area (Å²) in [7, 11) is 3.05. The van der Waals surface area contributed by atoms with Crippen LogP contribution in [0.1, 0.15) is 49.4 Å². The predicted octanol–water partition coefficient (Wildman–Crippen LogP) is 4.49. The largest absolute Gasteiger partial charge is 0.507 e. The Balaban J connectivity index is 2.22. The predicted molar refractivity (Wildman–Crippen MR) is 119 cm³/mol. The Labute approximate surface area is 183 Å². The third-order valence-corrected chi connectivity index (χ3v) is 5.66. The maximum Gasteiger partial charge on any atom is 0.295 e. The molecule has 0 aliphatic carbocycles. The van der Waals surface area contributed by atoms with E-state index in [2.05, 4.69) is 0 Å². The molecule has 31 heavy (non-hydrogen) atoms. The molecule has 1 aliphatic rings. The molecule has 1 heterocycles. The topological polar surface area (TPSA) is 76.1 Å². The van der Waals surface area contributed by atoms with Gasteiger partial charge in [-0.15, -0.1) is 0 Å². The number of likely N-dealkylation sites (tertiary alicyclic amines) is 1. The molecule has 1 saturated heterocycles. The van der Waals surface area contributed by atoms with E-state index in [1.807, 2.05) is 26.0 Å². The second-order valence-electron chi connectivity index (χ2n) is 7.48. The summed E-state index contributed by atoms with van der Waals surface area (Å²) in [4.78, 5) is 27.6. The summed E-state index contributed by atoms with van der Waals surface area (Å²) in [5.41, 5.74) is 2.28. The van der Waals surface area contributed by atoms with Gasteiger partial charge in [-0.25, -0.2) is 0 Å². The Morgan fingerprint density at radius 2 is 1.74 bits per heavy atom. The number of unbranched alkanes of at least 4 members (excludes halogenated alkanes) is 1.